The maximum atomic E-state index is 9.95. The predicted molar refractivity (Wildman–Crippen MR) is 90.7 cm³/mol. The minimum Gasteiger partial charge on any atom is -0.391 e. The fourth-order valence-electron chi connectivity index (χ4n) is 4.33. The second-order valence-corrected chi connectivity index (χ2v) is 7.06. The van der Waals surface area contributed by atoms with E-state index >= 15 is 0 Å². The van der Waals surface area contributed by atoms with Gasteiger partial charge in [-0.3, -0.25) is 4.90 Å². The standard InChI is InChI=1S/C18H23ClN2O/c1-12-5-6-16-15(9-12)14-3-2-4-17-18(14)21(16)8-7-20(17)11-13(22)10-19/h5-6,9,13,17,22H,2-4,7-8,10-11H2,1H3/t13-,17+/m1/s1. The Bertz CT molecular complexity index is 709. The molecule has 1 N–H and O–H groups in total. The van der Waals surface area contributed by atoms with Crippen molar-refractivity contribution in [1.29, 1.82) is 0 Å². The van der Waals surface area contributed by atoms with Crippen molar-refractivity contribution in [2.24, 2.45) is 0 Å². The van der Waals surface area contributed by atoms with Gasteiger partial charge < -0.3 is 9.67 Å². The average Bonchev–Trinajstić information content (AvgIpc) is 2.85. The quantitative estimate of drug-likeness (QED) is 0.880. The topological polar surface area (TPSA) is 28.4 Å². The number of aryl methyl sites for hydroxylation is 2. The Morgan fingerprint density at radius 2 is 2.23 bits per heavy atom. The molecule has 0 bridgehead atoms. The first-order valence-electron chi connectivity index (χ1n) is 8.28. The van der Waals surface area contributed by atoms with Crippen LogP contribution < -0.4 is 0 Å². The van der Waals surface area contributed by atoms with Crippen molar-refractivity contribution < 1.29 is 5.11 Å². The second-order valence-electron chi connectivity index (χ2n) is 6.75. The lowest BCUT2D eigenvalue weighted by molar-refractivity contribution is 0.0746. The van der Waals surface area contributed by atoms with Crippen LogP contribution in [-0.2, 0) is 13.0 Å². The molecule has 0 fully saturated rings. The molecule has 4 heteroatoms. The molecule has 1 aromatic carbocycles. The van der Waals surface area contributed by atoms with Gasteiger partial charge in [0.15, 0.2) is 0 Å². The van der Waals surface area contributed by atoms with Gasteiger partial charge in [0.1, 0.15) is 0 Å². The summed E-state index contributed by atoms with van der Waals surface area (Å²) in [6, 6.07) is 7.29. The Kier molecular flexibility index (Phi) is 3.67. The molecular formula is C18H23ClN2O. The lowest BCUT2D eigenvalue weighted by Gasteiger charge is -2.40. The molecule has 2 aromatic rings. The van der Waals surface area contributed by atoms with Crippen LogP contribution in [0.25, 0.3) is 10.9 Å². The minimum atomic E-state index is -0.426. The molecule has 1 aliphatic carbocycles. The SMILES string of the molecule is Cc1ccc2c(c1)c1c3n2CCN(C[C@H](O)CCl)[C@H]3CCC1. The zero-order valence-corrected chi connectivity index (χ0v) is 13.8. The van der Waals surface area contributed by atoms with Crippen LogP contribution in [0.15, 0.2) is 18.2 Å². The molecule has 2 atom stereocenters. The molecular weight excluding hydrogens is 296 g/mol. The van der Waals surface area contributed by atoms with Gasteiger partial charge in [-0.25, -0.2) is 0 Å². The van der Waals surface area contributed by atoms with E-state index in [0.717, 1.165) is 13.1 Å². The second kappa shape index (κ2) is 5.55. The molecule has 0 saturated carbocycles. The number of halogens is 1. The third-order valence-corrected chi connectivity index (χ3v) is 5.62. The third kappa shape index (κ3) is 2.18. The molecule has 22 heavy (non-hydrogen) atoms. The van der Waals surface area contributed by atoms with Gasteiger partial charge in [0.2, 0.25) is 0 Å². The highest BCUT2D eigenvalue weighted by molar-refractivity contribution is 6.18. The van der Waals surface area contributed by atoms with Crippen molar-refractivity contribution in [3.8, 4) is 0 Å². The van der Waals surface area contributed by atoms with Crippen LogP contribution in [0.3, 0.4) is 0 Å². The Morgan fingerprint density at radius 1 is 1.36 bits per heavy atom. The maximum Gasteiger partial charge on any atom is 0.0802 e. The molecule has 2 heterocycles. The van der Waals surface area contributed by atoms with Crippen molar-refractivity contribution in [1.82, 2.24) is 9.47 Å². The van der Waals surface area contributed by atoms with E-state index in [0.29, 0.717) is 18.5 Å². The number of benzene rings is 1. The van der Waals surface area contributed by atoms with Crippen LogP contribution >= 0.6 is 11.6 Å². The van der Waals surface area contributed by atoms with Crippen LogP contribution in [0.1, 0.15) is 35.7 Å². The number of hydrogen-bond acceptors (Lipinski definition) is 2. The molecule has 0 unspecified atom stereocenters. The highest BCUT2D eigenvalue weighted by Gasteiger charge is 2.35. The molecule has 118 valence electrons. The Labute approximate surface area is 136 Å². The summed E-state index contributed by atoms with van der Waals surface area (Å²) in [5.41, 5.74) is 5.77. The summed E-state index contributed by atoms with van der Waals surface area (Å²) in [6.45, 7) is 4.88. The molecule has 2 aliphatic rings. The largest absolute Gasteiger partial charge is 0.391 e. The number of aliphatic hydroxyl groups excluding tert-OH is 1. The van der Waals surface area contributed by atoms with Crippen LogP contribution in [0, 0.1) is 6.92 Å². The number of aliphatic hydroxyl groups is 1. The van der Waals surface area contributed by atoms with E-state index in [1.807, 2.05) is 0 Å². The fraction of sp³-hybridized carbons (Fsp3) is 0.556. The summed E-state index contributed by atoms with van der Waals surface area (Å²) in [7, 11) is 0. The van der Waals surface area contributed by atoms with Gasteiger partial charge in [0, 0.05) is 42.1 Å². The number of nitrogens with zero attached hydrogens (tertiary/aromatic N) is 2. The summed E-state index contributed by atoms with van der Waals surface area (Å²) in [6.07, 6.45) is 3.19. The fourth-order valence-corrected chi connectivity index (χ4v) is 4.43. The summed E-state index contributed by atoms with van der Waals surface area (Å²) >= 11 is 5.81. The van der Waals surface area contributed by atoms with Gasteiger partial charge in [-0.15, -0.1) is 11.6 Å². The molecule has 4 rings (SSSR count). The summed E-state index contributed by atoms with van der Waals surface area (Å²) in [5.74, 6) is 0.318. The highest BCUT2D eigenvalue weighted by Crippen LogP contribution is 2.42. The van der Waals surface area contributed by atoms with E-state index in [2.05, 4.69) is 34.6 Å². The molecule has 3 nitrogen and oxygen atoms in total. The van der Waals surface area contributed by atoms with Crippen LogP contribution in [-0.4, -0.2) is 39.6 Å². The van der Waals surface area contributed by atoms with Crippen molar-refractivity contribution in [2.75, 3.05) is 19.0 Å². The van der Waals surface area contributed by atoms with Gasteiger partial charge in [0.25, 0.3) is 0 Å². The van der Waals surface area contributed by atoms with Crippen molar-refractivity contribution in [2.45, 2.75) is 44.9 Å². The third-order valence-electron chi connectivity index (χ3n) is 5.26. The lowest BCUT2D eigenvalue weighted by Crippen LogP contribution is -2.43. The van der Waals surface area contributed by atoms with Gasteiger partial charge in [-0.2, -0.15) is 0 Å². The zero-order chi connectivity index (χ0) is 15.3. The highest BCUT2D eigenvalue weighted by atomic mass is 35.5. The zero-order valence-electron chi connectivity index (χ0n) is 13.1. The number of alkyl halides is 1. The lowest BCUT2D eigenvalue weighted by atomic mass is 9.89. The van der Waals surface area contributed by atoms with Crippen LogP contribution in [0.5, 0.6) is 0 Å². The monoisotopic (exact) mass is 318 g/mol. The van der Waals surface area contributed by atoms with E-state index < -0.39 is 6.10 Å². The van der Waals surface area contributed by atoms with Gasteiger partial charge in [0.05, 0.1) is 12.1 Å². The first-order chi connectivity index (χ1) is 10.7. The van der Waals surface area contributed by atoms with Crippen molar-refractivity contribution in [3.05, 3.63) is 35.0 Å². The number of hydrogen-bond donors (Lipinski definition) is 1. The smallest absolute Gasteiger partial charge is 0.0802 e. The van der Waals surface area contributed by atoms with E-state index in [9.17, 15) is 5.11 Å². The summed E-state index contributed by atoms with van der Waals surface area (Å²) < 4.78 is 2.53. The Balaban J connectivity index is 1.81. The molecule has 0 radical (unpaired) electrons. The number of aromatic nitrogens is 1. The molecule has 0 spiro atoms. The van der Waals surface area contributed by atoms with Crippen molar-refractivity contribution in [3.63, 3.8) is 0 Å². The normalized spacial score (nSPS) is 22.8. The van der Waals surface area contributed by atoms with Gasteiger partial charge in [-0.05, 0) is 43.9 Å². The average molecular weight is 319 g/mol. The van der Waals surface area contributed by atoms with Crippen molar-refractivity contribution >= 4 is 22.5 Å². The van der Waals surface area contributed by atoms with E-state index in [4.69, 9.17) is 11.6 Å². The van der Waals surface area contributed by atoms with E-state index in [1.165, 1.54) is 41.4 Å². The summed E-state index contributed by atoms with van der Waals surface area (Å²) in [5, 5.41) is 11.4. The van der Waals surface area contributed by atoms with Crippen LogP contribution in [0.4, 0.5) is 0 Å². The number of fused-ring (bicyclic) bond motifs is 3. The Morgan fingerprint density at radius 3 is 3.05 bits per heavy atom. The first-order valence-corrected chi connectivity index (χ1v) is 8.82. The molecule has 0 saturated heterocycles. The molecule has 0 amide bonds. The number of β-amino-alcohol motifs (C(OH)–C–C–N with tert-alkyl or cyclic N) is 1. The predicted octanol–water partition coefficient (Wildman–Crippen LogP) is 3.24. The first kappa shape index (κ1) is 14.6. The van der Waals surface area contributed by atoms with Gasteiger partial charge >= 0.3 is 0 Å². The van der Waals surface area contributed by atoms with Gasteiger partial charge in [-0.1, -0.05) is 11.6 Å². The summed E-state index contributed by atoms with van der Waals surface area (Å²) in [4.78, 5) is 2.44. The number of rotatable bonds is 3. The van der Waals surface area contributed by atoms with E-state index in [-0.39, 0.29) is 0 Å². The van der Waals surface area contributed by atoms with Crippen LogP contribution in [0.2, 0.25) is 0 Å². The van der Waals surface area contributed by atoms with E-state index in [1.54, 1.807) is 5.56 Å². The maximum absolute atomic E-state index is 9.95. The Hall–Kier alpha value is -1.03. The molecule has 1 aromatic heterocycles. The molecule has 1 aliphatic heterocycles. The minimum absolute atomic E-state index is 0.318.